The van der Waals surface area contributed by atoms with Gasteiger partial charge in [0.05, 0.1) is 12.3 Å². The van der Waals surface area contributed by atoms with Gasteiger partial charge in [-0.2, -0.15) is 0 Å². The Kier molecular flexibility index (Phi) is 5.72. The van der Waals surface area contributed by atoms with E-state index in [1.165, 1.54) is 12.1 Å². The number of anilines is 1. The van der Waals surface area contributed by atoms with Crippen LogP contribution in [0.25, 0.3) is 0 Å². The molecule has 3 nitrogen and oxygen atoms in total. The highest BCUT2D eigenvalue weighted by Gasteiger charge is 2.24. The lowest BCUT2D eigenvalue weighted by molar-refractivity contribution is 0.271. The van der Waals surface area contributed by atoms with Gasteiger partial charge in [-0.1, -0.05) is 32.9 Å². The number of nitrogens with zero attached hydrogens (tertiary/aromatic N) is 1. The molecule has 0 aromatic heterocycles. The molecule has 112 valence electrons. The number of ether oxygens (including phenoxy) is 1. The summed E-state index contributed by atoms with van der Waals surface area (Å²) in [6, 6.07) is 8.45. The van der Waals surface area contributed by atoms with Gasteiger partial charge < -0.3 is 15.0 Å². The van der Waals surface area contributed by atoms with E-state index in [4.69, 9.17) is 4.74 Å². The maximum absolute atomic E-state index is 5.97. The monoisotopic (exact) mass is 276 g/mol. The Morgan fingerprint density at radius 1 is 1.35 bits per heavy atom. The third-order valence-electron chi connectivity index (χ3n) is 3.75. The van der Waals surface area contributed by atoms with Crippen molar-refractivity contribution in [2.24, 2.45) is 11.8 Å². The van der Waals surface area contributed by atoms with Crippen molar-refractivity contribution >= 4 is 5.69 Å². The SMILES string of the molecule is CCNCC1CCN(c2ccccc2OCC(C)C)C1. The highest BCUT2D eigenvalue weighted by Crippen LogP contribution is 2.32. The molecular weight excluding hydrogens is 248 g/mol. The van der Waals surface area contributed by atoms with E-state index in [0.717, 1.165) is 44.5 Å². The van der Waals surface area contributed by atoms with Crippen LogP contribution in [-0.2, 0) is 0 Å². The van der Waals surface area contributed by atoms with Crippen molar-refractivity contribution in [2.75, 3.05) is 37.7 Å². The van der Waals surface area contributed by atoms with Crippen molar-refractivity contribution < 1.29 is 4.74 Å². The molecule has 1 fully saturated rings. The first-order valence-electron chi connectivity index (χ1n) is 7.88. The average Bonchev–Trinajstić information content (AvgIpc) is 2.92. The van der Waals surface area contributed by atoms with E-state index in [0.29, 0.717) is 5.92 Å². The molecule has 2 rings (SSSR count). The topological polar surface area (TPSA) is 24.5 Å². The van der Waals surface area contributed by atoms with Gasteiger partial charge in [0.15, 0.2) is 0 Å². The molecule has 0 radical (unpaired) electrons. The lowest BCUT2D eigenvalue weighted by Gasteiger charge is -2.22. The standard InChI is InChI=1S/C17H28N2O/c1-4-18-11-15-9-10-19(12-15)16-7-5-6-8-17(16)20-13-14(2)3/h5-8,14-15,18H,4,9-13H2,1-3H3. The molecule has 0 spiro atoms. The predicted octanol–water partition coefficient (Wildman–Crippen LogP) is 3.16. The Hall–Kier alpha value is -1.22. The Balaban J connectivity index is 1.98. The number of hydrogen-bond donors (Lipinski definition) is 1. The van der Waals surface area contributed by atoms with Crippen LogP contribution in [0, 0.1) is 11.8 Å². The van der Waals surface area contributed by atoms with Gasteiger partial charge in [-0.15, -0.1) is 0 Å². The summed E-state index contributed by atoms with van der Waals surface area (Å²) in [5.41, 5.74) is 1.26. The van der Waals surface area contributed by atoms with E-state index < -0.39 is 0 Å². The van der Waals surface area contributed by atoms with E-state index >= 15 is 0 Å². The van der Waals surface area contributed by atoms with Crippen LogP contribution in [0.4, 0.5) is 5.69 Å². The molecular formula is C17H28N2O. The molecule has 1 aliphatic heterocycles. The highest BCUT2D eigenvalue weighted by atomic mass is 16.5. The molecule has 20 heavy (non-hydrogen) atoms. The summed E-state index contributed by atoms with van der Waals surface area (Å²) < 4.78 is 5.97. The van der Waals surface area contributed by atoms with Gasteiger partial charge in [-0.3, -0.25) is 0 Å². The van der Waals surface area contributed by atoms with Crippen LogP contribution in [0.5, 0.6) is 5.75 Å². The zero-order valence-corrected chi connectivity index (χ0v) is 13.1. The fourth-order valence-corrected chi connectivity index (χ4v) is 2.66. The van der Waals surface area contributed by atoms with Crippen molar-refractivity contribution in [3.63, 3.8) is 0 Å². The maximum Gasteiger partial charge on any atom is 0.142 e. The molecule has 1 unspecified atom stereocenters. The Morgan fingerprint density at radius 3 is 2.90 bits per heavy atom. The van der Waals surface area contributed by atoms with E-state index in [-0.39, 0.29) is 0 Å². The van der Waals surface area contributed by atoms with E-state index in [9.17, 15) is 0 Å². The second-order valence-corrected chi connectivity index (χ2v) is 6.08. The summed E-state index contributed by atoms with van der Waals surface area (Å²) in [6.07, 6.45) is 1.27. The van der Waals surface area contributed by atoms with Crippen molar-refractivity contribution in [1.29, 1.82) is 0 Å². The molecule has 0 amide bonds. The summed E-state index contributed by atoms with van der Waals surface area (Å²) in [4.78, 5) is 2.47. The van der Waals surface area contributed by atoms with Crippen LogP contribution in [-0.4, -0.2) is 32.8 Å². The molecule has 0 saturated carbocycles. The van der Waals surface area contributed by atoms with Gasteiger partial charge in [-0.05, 0) is 43.5 Å². The van der Waals surface area contributed by atoms with E-state index in [1.54, 1.807) is 0 Å². The zero-order valence-electron chi connectivity index (χ0n) is 13.1. The van der Waals surface area contributed by atoms with Gasteiger partial charge in [0.2, 0.25) is 0 Å². The Labute approximate surface area is 123 Å². The van der Waals surface area contributed by atoms with Gasteiger partial charge in [-0.25, -0.2) is 0 Å². The minimum atomic E-state index is 0.558. The zero-order chi connectivity index (χ0) is 14.4. The molecule has 1 aliphatic rings. The largest absolute Gasteiger partial charge is 0.491 e. The highest BCUT2D eigenvalue weighted by molar-refractivity contribution is 5.59. The Morgan fingerprint density at radius 2 is 2.15 bits per heavy atom. The molecule has 0 bridgehead atoms. The lowest BCUT2D eigenvalue weighted by atomic mass is 10.1. The van der Waals surface area contributed by atoms with Gasteiger partial charge in [0.1, 0.15) is 5.75 Å². The first-order chi connectivity index (χ1) is 9.70. The lowest BCUT2D eigenvalue weighted by Crippen LogP contribution is -2.26. The minimum absolute atomic E-state index is 0.558. The first kappa shape index (κ1) is 15.2. The fourth-order valence-electron chi connectivity index (χ4n) is 2.66. The van der Waals surface area contributed by atoms with Crippen molar-refractivity contribution in [3.8, 4) is 5.75 Å². The molecule has 1 aromatic carbocycles. The minimum Gasteiger partial charge on any atom is -0.491 e. The van der Waals surface area contributed by atoms with Crippen molar-refractivity contribution in [1.82, 2.24) is 5.32 Å². The van der Waals surface area contributed by atoms with Crippen LogP contribution in [0.1, 0.15) is 27.2 Å². The molecule has 1 saturated heterocycles. The van der Waals surface area contributed by atoms with Crippen LogP contribution in [0.2, 0.25) is 0 Å². The molecule has 1 aromatic rings. The molecule has 3 heteroatoms. The number of benzene rings is 1. The summed E-state index contributed by atoms with van der Waals surface area (Å²) in [5.74, 6) is 2.35. The third kappa shape index (κ3) is 4.14. The summed E-state index contributed by atoms with van der Waals surface area (Å²) in [5, 5.41) is 3.46. The predicted molar refractivity (Wildman–Crippen MR) is 85.6 cm³/mol. The van der Waals surface area contributed by atoms with Crippen LogP contribution >= 0.6 is 0 Å². The fraction of sp³-hybridized carbons (Fsp3) is 0.647. The quantitative estimate of drug-likeness (QED) is 0.828. The number of hydrogen-bond acceptors (Lipinski definition) is 3. The number of rotatable bonds is 7. The Bertz CT molecular complexity index is 406. The molecule has 0 aliphatic carbocycles. The average molecular weight is 276 g/mol. The van der Waals surface area contributed by atoms with Crippen LogP contribution in [0.3, 0.4) is 0 Å². The molecule has 1 heterocycles. The van der Waals surface area contributed by atoms with Gasteiger partial charge in [0.25, 0.3) is 0 Å². The van der Waals surface area contributed by atoms with Crippen LogP contribution in [0.15, 0.2) is 24.3 Å². The summed E-state index contributed by atoms with van der Waals surface area (Å²) in [7, 11) is 0. The second kappa shape index (κ2) is 7.53. The summed E-state index contributed by atoms with van der Waals surface area (Å²) >= 11 is 0. The van der Waals surface area contributed by atoms with Crippen molar-refractivity contribution in [3.05, 3.63) is 24.3 Å². The molecule has 1 atom stereocenters. The third-order valence-corrected chi connectivity index (χ3v) is 3.75. The van der Waals surface area contributed by atoms with Gasteiger partial charge >= 0.3 is 0 Å². The number of nitrogens with one attached hydrogen (secondary N) is 1. The van der Waals surface area contributed by atoms with Crippen LogP contribution < -0.4 is 15.0 Å². The summed E-state index contributed by atoms with van der Waals surface area (Å²) in [6.45, 7) is 11.8. The van der Waals surface area contributed by atoms with E-state index in [2.05, 4.69) is 55.3 Å². The van der Waals surface area contributed by atoms with Crippen molar-refractivity contribution in [2.45, 2.75) is 27.2 Å². The number of para-hydroxylation sites is 2. The first-order valence-corrected chi connectivity index (χ1v) is 7.88. The van der Waals surface area contributed by atoms with E-state index in [1.807, 2.05) is 0 Å². The molecule has 1 N–H and O–H groups in total. The maximum atomic E-state index is 5.97. The second-order valence-electron chi connectivity index (χ2n) is 6.08. The smallest absolute Gasteiger partial charge is 0.142 e. The van der Waals surface area contributed by atoms with Gasteiger partial charge in [0, 0.05) is 13.1 Å². The normalized spacial score (nSPS) is 18.8.